The molecule has 0 aromatic heterocycles. The highest BCUT2D eigenvalue weighted by atomic mass is 79.9. The summed E-state index contributed by atoms with van der Waals surface area (Å²) in [4.78, 5) is 0. The Kier molecular flexibility index (Phi) is 5.16. The molecule has 0 amide bonds. The molecule has 1 nitrogen and oxygen atoms in total. The Hall–Kier alpha value is -0.510. The van der Waals surface area contributed by atoms with Crippen molar-refractivity contribution in [2.75, 3.05) is 7.11 Å². The first-order chi connectivity index (χ1) is 9.43. The second-order valence-corrected chi connectivity index (χ2v) is 6.86. The first-order valence-electron chi connectivity index (χ1n) is 6.18. The summed E-state index contributed by atoms with van der Waals surface area (Å²) in [6.07, 6.45) is 0. The van der Waals surface area contributed by atoms with Crippen molar-refractivity contribution in [2.24, 2.45) is 0 Å². The number of halogens is 3. The van der Waals surface area contributed by atoms with Crippen molar-refractivity contribution in [2.45, 2.75) is 19.2 Å². The molecule has 0 aliphatic carbocycles. The number of hydrogen-bond acceptors (Lipinski definition) is 1. The maximum absolute atomic E-state index is 6.65. The zero-order valence-corrected chi connectivity index (χ0v) is 15.4. The summed E-state index contributed by atoms with van der Waals surface area (Å²) in [5.74, 6) is 0.807. The molecule has 0 fully saturated rings. The molecule has 1 unspecified atom stereocenters. The Balaban J connectivity index is 2.43. The summed E-state index contributed by atoms with van der Waals surface area (Å²) in [5, 5.41) is -0.177. The topological polar surface area (TPSA) is 9.23 Å². The summed E-state index contributed by atoms with van der Waals surface area (Å²) in [6, 6.07) is 10.2. The molecule has 2 aromatic carbocycles. The number of alkyl halides is 1. The molecule has 0 radical (unpaired) electrons. The molecule has 2 rings (SSSR count). The summed E-state index contributed by atoms with van der Waals surface area (Å²) < 4.78 is 7.27. The molecule has 0 saturated carbocycles. The fourth-order valence-electron chi connectivity index (χ4n) is 2.10. The quantitative estimate of drug-likeness (QED) is 0.542. The fraction of sp³-hybridized carbons (Fsp3) is 0.250. The molecule has 0 N–H and O–H groups in total. The molecule has 4 heteroatoms. The van der Waals surface area contributed by atoms with Crippen LogP contribution in [0.4, 0.5) is 0 Å². The third-order valence-electron chi connectivity index (χ3n) is 3.29. The van der Waals surface area contributed by atoms with Crippen LogP contribution < -0.4 is 4.74 Å². The predicted octanol–water partition coefficient (Wildman–Crippen LogP) is 6.17. The standard InChI is InChI=1S/C16H15Br2ClO/c1-9-7-13(17)10(2)6-12(9)16(19)11-4-5-15(20-3)14(18)8-11/h4-8,16H,1-3H3. The Labute approximate surface area is 141 Å². The smallest absolute Gasteiger partial charge is 0.133 e. The predicted molar refractivity (Wildman–Crippen MR) is 92.0 cm³/mol. The van der Waals surface area contributed by atoms with Crippen molar-refractivity contribution >= 4 is 43.5 Å². The van der Waals surface area contributed by atoms with Crippen molar-refractivity contribution in [3.05, 3.63) is 61.5 Å². The van der Waals surface area contributed by atoms with E-state index in [4.69, 9.17) is 16.3 Å². The number of rotatable bonds is 3. The first-order valence-corrected chi connectivity index (χ1v) is 8.20. The average Bonchev–Trinajstić information content (AvgIpc) is 2.42. The van der Waals surface area contributed by atoms with Crippen molar-refractivity contribution in [3.8, 4) is 5.75 Å². The maximum atomic E-state index is 6.65. The molecule has 0 aliphatic rings. The second-order valence-electron chi connectivity index (χ2n) is 4.71. The van der Waals surface area contributed by atoms with Gasteiger partial charge in [-0.25, -0.2) is 0 Å². The molecule has 0 aliphatic heterocycles. The highest BCUT2D eigenvalue weighted by Crippen LogP contribution is 2.36. The monoisotopic (exact) mass is 416 g/mol. The van der Waals surface area contributed by atoms with Gasteiger partial charge in [0.25, 0.3) is 0 Å². The lowest BCUT2D eigenvalue weighted by atomic mass is 9.98. The largest absolute Gasteiger partial charge is 0.496 e. The van der Waals surface area contributed by atoms with Crippen LogP contribution >= 0.6 is 43.5 Å². The van der Waals surface area contributed by atoms with Gasteiger partial charge in [0, 0.05) is 4.47 Å². The van der Waals surface area contributed by atoms with Crippen LogP contribution in [-0.2, 0) is 0 Å². The zero-order valence-electron chi connectivity index (χ0n) is 11.5. The van der Waals surface area contributed by atoms with E-state index in [9.17, 15) is 0 Å². The molecule has 0 saturated heterocycles. The van der Waals surface area contributed by atoms with E-state index in [0.717, 1.165) is 25.8 Å². The number of benzene rings is 2. The van der Waals surface area contributed by atoms with Crippen LogP contribution in [0.15, 0.2) is 39.3 Å². The fourth-order valence-corrected chi connectivity index (χ4v) is 3.48. The van der Waals surface area contributed by atoms with Crippen LogP contribution in [0.5, 0.6) is 5.75 Å². The number of aryl methyl sites for hydroxylation is 2. The third kappa shape index (κ3) is 3.21. The SMILES string of the molecule is COc1ccc(C(Cl)c2cc(C)c(Br)cc2C)cc1Br. The molecule has 1 atom stereocenters. The Morgan fingerprint density at radius 3 is 2.30 bits per heavy atom. The van der Waals surface area contributed by atoms with Crippen LogP contribution in [0.1, 0.15) is 27.6 Å². The van der Waals surface area contributed by atoms with Crippen LogP contribution in [0.25, 0.3) is 0 Å². The van der Waals surface area contributed by atoms with Gasteiger partial charge in [-0.3, -0.25) is 0 Å². The Morgan fingerprint density at radius 2 is 1.70 bits per heavy atom. The molecule has 2 aromatic rings. The molecular weight excluding hydrogens is 403 g/mol. The Morgan fingerprint density at radius 1 is 1.00 bits per heavy atom. The van der Waals surface area contributed by atoms with Crippen molar-refractivity contribution in [1.82, 2.24) is 0 Å². The van der Waals surface area contributed by atoms with Gasteiger partial charge in [0.15, 0.2) is 0 Å². The van der Waals surface area contributed by atoms with Crippen molar-refractivity contribution in [1.29, 1.82) is 0 Å². The van der Waals surface area contributed by atoms with Gasteiger partial charge in [0.1, 0.15) is 5.75 Å². The molecule has 20 heavy (non-hydrogen) atoms. The van der Waals surface area contributed by atoms with E-state index in [0.29, 0.717) is 0 Å². The van der Waals surface area contributed by atoms with Gasteiger partial charge in [0.2, 0.25) is 0 Å². The van der Waals surface area contributed by atoms with Gasteiger partial charge in [-0.05, 0) is 70.2 Å². The van der Waals surface area contributed by atoms with Gasteiger partial charge < -0.3 is 4.74 Å². The third-order valence-corrected chi connectivity index (χ3v) is 5.25. The summed E-state index contributed by atoms with van der Waals surface area (Å²) in [7, 11) is 1.65. The van der Waals surface area contributed by atoms with Gasteiger partial charge in [0.05, 0.1) is 17.0 Å². The van der Waals surface area contributed by atoms with E-state index in [1.807, 2.05) is 18.2 Å². The van der Waals surface area contributed by atoms with Gasteiger partial charge in [-0.15, -0.1) is 11.6 Å². The highest BCUT2D eigenvalue weighted by Gasteiger charge is 2.16. The molecular formula is C16H15Br2ClO. The van der Waals surface area contributed by atoms with Crippen molar-refractivity contribution < 1.29 is 4.74 Å². The van der Waals surface area contributed by atoms with Crippen LogP contribution in [0, 0.1) is 13.8 Å². The highest BCUT2D eigenvalue weighted by molar-refractivity contribution is 9.10. The molecule has 0 bridgehead atoms. The van der Waals surface area contributed by atoms with Gasteiger partial charge >= 0.3 is 0 Å². The zero-order chi connectivity index (χ0) is 14.9. The minimum Gasteiger partial charge on any atom is -0.496 e. The normalized spacial score (nSPS) is 12.3. The summed E-state index contributed by atoms with van der Waals surface area (Å²) in [6.45, 7) is 4.15. The van der Waals surface area contributed by atoms with E-state index in [1.54, 1.807) is 7.11 Å². The van der Waals surface area contributed by atoms with Crippen LogP contribution in [-0.4, -0.2) is 7.11 Å². The lowest BCUT2D eigenvalue weighted by Gasteiger charge is -2.16. The molecule has 0 spiro atoms. The van der Waals surface area contributed by atoms with Crippen LogP contribution in [0.3, 0.4) is 0 Å². The maximum Gasteiger partial charge on any atom is 0.133 e. The van der Waals surface area contributed by atoms with E-state index >= 15 is 0 Å². The number of methoxy groups -OCH3 is 1. The van der Waals surface area contributed by atoms with E-state index in [-0.39, 0.29) is 5.38 Å². The van der Waals surface area contributed by atoms with E-state index in [2.05, 4.69) is 57.8 Å². The Bertz CT molecular complexity index is 641. The second kappa shape index (κ2) is 6.50. The van der Waals surface area contributed by atoms with Crippen molar-refractivity contribution in [3.63, 3.8) is 0 Å². The lowest BCUT2D eigenvalue weighted by molar-refractivity contribution is 0.412. The van der Waals surface area contributed by atoms with Crippen LogP contribution in [0.2, 0.25) is 0 Å². The lowest BCUT2D eigenvalue weighted by Crippen LogP contribution is -1.98. The average molecular weight is 419 g/mol. The molecule has 0 heterocycles. The van der Waals surface area contributed by atoms with Gasteiger partial charge in [-0.2, -0.15) is 0 Å². The molecule has 106 valence electrons. The summed E-state index contributed by atoms with van der Waals surface area (Å²) >= 11 is 13.7. The first kappa shape index (κ1) is 15.9. The minimum atomic E-state index is -0.177. The van der Waals surface area contributed by atoms with E-state index in [1.165, 1.54) is 11.1 Å². The van der Waals surface area contributed by atoms with Gasteiger partial charge in [-0.1, -0.05) is 28.1 Å². The minimum absolute atomic E-state index is 0.177. The number of hydrogen-bond donors (Lipinski definition) is 0. The number of ether oxygens (including phenoxy) is 1. The summed E-state index contributed by atoms with van der Waals surface area (Å²) in [5.41, 5.74) is 4.53. The van der Waals surface area contributed by atoms with E-state index < -0.39 is 0 Å².